The summed E-state index contributed by atoms with van der Waals surface area (Å²) in [6.07, 6.45) is 10.6. The topological polar surface area (TPSA) is 160 Å². The van der Waals surface area contributed by atoms with Gasteiger partial charge in [-0.3, -0.25) is 14.7 Å². The summed E-state index contributed by atoms with van der Waals surface area (Å²) in [6, 6.07) is 18.4. The summed E-state index contributed by atoms with van der Waals surface area (Å²) in [5.74, 6) is -0.219. The Morgan fingerprint density at radius 3 is 2.71 bits per heavy atom. The van der Waals surface area contributed by atoms with Crippen molar-refractivity contribution in [1.29, 1.82) is 5.26 Å². The lowest BCUT2D eigenvalue weighted by Gasteiger charge is -2.39. The molecule has 1 fully saturated rings. The number of oxazole rings is 1. The van der Waals surface area contributed by atoms with E-state index in [1.807, 2.05) is 36.5 Å². The molecule has 2 aromatic carbocycles. The van der Waals surface area contributed by atoms with E-state index in [9.17, 15) is 20.3 Å². The number of nitrogens with one attached hydrogen (secondary N) is 2. The quantitative estimate of drug-likeness (QED) is 0.122. The van der Waals surface area contributed by atoms with Gasteiger partial charge in [0.15, 0.2) is 11.4 Å². The number of aromatic nitrogens is 3. The number of benzene rings is 2. The van der Waals surface area contributed by atoms with Crippen LogP contribution in [0.25, 0.3) is 27.6 Å². The van der Waals surface area contributed by atoms with Gasteiger partial charge in [0.05, 0.1) is 17.6 Å². The van der Waals surface area contributed by atoms with E-state index >= 15 is 0 Å². The molecule has 11 heteroatoms. The largest absolute Gasteiger partial charge is 0.481 e. The Balaban J connectivity index is 1.27. The molecule has 0 amide bonds. The summed E-state index contributed by atoms with van der Waals surface area (Å²) in [5, 5.41) is 37.2. The van der Waals surface area contributed by atoms with E-state index in [1.54, 1.807) is 19.2 Å². The van der Waals surface area contributed by atoms with Crippen molar-refractivity contribution in [2.75, 3.05) is 25.0 Å². The van der Waals surface area contributed by atoms with Gasteiger partial charge in [-0.2, -0.15) is 5.26 Å². The van der Waals surface area contributed by atoms with Crippen molar-refractivity contribution in [3.8, 4) is 6.07 Å². The Kier molecular flexibility index (Phi) is 9.88. The minimum atomic E-state index is -1.01. The van der Waals surface area contributed by atoms with Gasteiger partial charge in [0.1, 0.15) is 22.6 Å². The number of piperidine rings is 1. The van der Waals surface area contributed by atoms with Gasteiger partial charge in [0.25, 0.3) is 0 Å². The molecule has 0 spiro atoms. The number of hydrogen-bond donors (Lipinski definition) is 4. The number of carboxylic acids is 1. The summed E-state index contributed by atoms with van der Waals surface area (Å²) < 4.78 is 6.60. The molecule has 0 radical (unpaired) electrons. The highest BCUT2D eigenvalue weighted by Gasteiger charge is 2.45. The Morgan fingerprint density at radius 1 is 1.15 bits per heavy atom. The third-order valence-electron chi connectivity index (χ3n) is 10.4. The van der Waals surface area contributed by atoms with Crippen LogP contribution in [0.15, 0.2) is 83.6 Å². The molecule has 4 heterocycles. The summed E-state index contributed by atoms with van der Waals surface area (Å²) in [4.78, 5) is 28.5. The summed E-state index contributed by atoms with van der Waals surface area (Å²) >= 11 is 0. The minimum Gasteiger partial charge on any atom is -0.481 e. The molecule has 4 N–H and O–H groups in total. The molecule has 5 aromatic rings. The first-order valence-electron chi connectivity index (χ1n) is 17.8. The van der Waals surface area contributed by atoms with Crippen molar-refractivity contribution in [3.05, 3.63) is 113 Å². The van der Waals surface area contributed by atoms with Crippen LogP contribution in [-0.2, 0) is 23.4 Å². The molecule has 7 rings (SSSR count). The molecular weight excluding hydrogens is 654 g/mol. The molecule has 52 heavy (non-hydrogen) atoms. The molecule has 1 aliphatic carbocycles. The molecule has 1 saturated heterocycles. The molecular formula is C41H43N7O4. The highest BCUT2D eigenvalue weighted by atomic mass is 16.4. The third-order valence-corrected chi connectivity index (χ3v) is 10.4. The van der Waals surface area contributed by atoms with Crippen LogP contribution >= 0.6 is 0 Å². The number of aryl methyl sites for hydroxylation is 1. The standard InChI is InChI=1S/C41H43N7O4/c1-25-7-4-5-8-33(25)34-9-6-13-41(27(34)3,40-46-35-19-28(22-43-21-26(2)49)17-32(20-42)37(35)52-40)47-38-36-31(10-14-44-38)18-29(23-45-36)24-48-15-11-30(12-16-48)39(50)51/h4-10,13-14,17-19,23,26-27,30,43,49H,11-12,15-16,21-22,24H2,1-3H3,(H,44,47)(H,50,51)/t26?,27-,41?/m0/s1. The first kappa shape index (κ1) is 35.0. The van der Waals surface area contributed by atoms with Gasteiger partial charge in [-0.1, -0.05) is 43.3 Å². The first-order chi connectivity index (χ1) is 25.1. The Hall–Kier alpha value is -5.41. The Morgan fingerprint density at radius 2 is 1.96 bits per heavy atom. The number of fused-ring (bicyclic) bond motifs is 2. The SMILES string of the molecule is Cc1ccccc1C1=CC=CC(Nc2nccc3cc(CN4CCC(C(=O)O)CC4)cnc23)(c2nc3cc(CNCC(C)O)cc(C#N)c3o2)[C@H]1C. The number of carbonyl (C=O) groups is 1. The number of hydrogen-bond acceptors (Lipinski definition) is 10. The number of pyridine rings is 2. The van der Waals surface area contributed by atoms with Gasteiger partial charge in [0.2, 0.25) is 5.89 Å². The molecule has 0 bridgehead atoms. The normalized spacial score (nSPS) is 20.1. The smallest absolute Gasteiger partial charge is 0.306 e. The van der Waals surface area contributed by atoms with Crippen molar-refractivity contribution in [3.63, 3.8) is 0 Å². The minimum absolute atomic E-state index is 0.200. The van der Waals surface area contributed by atoms with Gasteiger partial charge < -0.3 is 25.3 Å². The maximum absolute atomic E-state index is 11.4. The second-order valence-corrected chi connectivity index (χ2v) is 14.1. The summed E-state index contributed by atoms with van der Waals surface area (Å²) in [6.45, 7) is 9.01. The van der Waals surface area contributed by atoms with Gasteiger partial charge in [-0.25, -0.2) is 9.97 Å². The zero-order valence-electron chi connectivity index (χ0n) is 29.6. The number of aliphatic hydroxyl groups is 1. The van der Waals surface area contributed by atoms with Gasteiger partial charge in [0, 0.05) is 43.3 Å². The molecule has 2 aliphatic rings. The van der Waals surface area contributed by atoms with Crippen LogP contribution < -0.4 is 10.6 Å². The van der Waals surface area contributed by atoms with Crippen LogP contribution in [0.4, 0.5) is 5.82 Å². The number of nitriles is 1. The fourth-order valence-electron chi connectivity index (χ4n) is 7.47. The number of likely N-dealkylation sites (tertiary alicyclic amines) is 1. The van der Waals surface area contributed by atoms with E-state index < -0.39 is 17.6 Å². The van der Waals surface area contributed by atoms with Crippen LogP contribution in [0.2, 0.25) is 0 Å². The van der Waals surface area contributed by atoms with Crippen molar-refractivity contribution in [2.24, 2.45) is 11.8 Å². The number of rotatable bonds is 11. The number of allylic oxidation sites excluding steroid dienone is 2. The second-order valence-electron chi connectivity index (χ2n) is 14.1. The number of anilines is 1. The van der Waals surface area contributed by atoms with Crippen LogP contribution in [0.5, 0.6) is 0 Å². The lowest BCUT2D eigenvalue weighted by Crippen LogP contribution is -2.42. The lowest BCUT2D eigenvalue weighted by molar-refractivity contribution is -0.143. The van der Waals surface area contributed by atoms with Crippen LogP contribution in [0.1, 0.15) is 60.4 Å². The van der Waals surface area contributed by atoms with Crippen molar-refractivity contribution in [2.45, 2.75) is 58.3 Å². The average molecular weight is 698 g/mol. The average Bonchev–Trinajstić information content (AvgIpc) is 3.58. The number of aliphatic carboxylic acids is 1. The fraction of sp³-hybridized carbons (Fsp3) is 0.341. The number of aliphatic hydroxyl groups excluding tert-OH is 1. The summed E-state index contributed by atoms with van der Waals surface area (Å²) in [5.41, 5.74) is 6.31. The van der Waals surface area contributed by atoms with E-state index in [0.717, 1.165) is 46.3 Å². The van der Waals surface area contributed by atoms with Gasteiger partial charge in [-0.05, 0) is 97.9 Å². The molecule has 11 nitrogen and oxygen atoms in total. The van der Waals surface area contributed by atoms with E-state index in [1.165, 1.54) is 0 Å². The monoisotopic (exact) mass is 697 g/mol. The zero-order valence-corrected chi connectivity index (χ0v) is 29.6. The maximum atomic E-state index is 11.4. The van der Waals surface area contributed by atoms with Crippen LogP contribution in [0, 0.1) is 30.1 Å². The number of nitrogens with zero attached hydrogens (tertiary/aromatic N) is 5. The highest BCUT2D eigenvalue weighted by molar-refractivity contribution is 5.89. The molecule has 266 valence electrons. The van der Waals surface area contributed by atoms with Gasteiger partial charge >= 0.3 is 5.97 Å². The third kappa shape index (κ3) is 6.93. The highest BCUT2D eigenvalue weighted by Crippen LogP contribution is 2.46. The van der Waals surface area contributed by atoms with Gasteiger partial charge in [-0.15, -0.1) is 0 Å². The fourth-order valence-corrected chi connectivity index (χ4v) is 7.47. The molecule has 2 unspecified atom stereocenters. The maximum Gasteiger partial charge on any atom is 0.306 e. The lowest BCUT2D eigenvalue weighted by atomic mass is 9.73. The predicted octanol–water partition coefficient (Wildman–Crippen LogP) is 6.32. The van der Waals surface area contributed by atoms with E-state index in [2.05, 4.69) is 65.8 Å². The van der Waals surface area contributed by atoms with Crippen LogP contribution in [0.3, 0.4) is 0 Å². The molecule has 3 aromatic heterocycles. The van der Waals surface area contributed by atoms with E-state index in [-0.39, 0.29) is 11.8 Å². The van der Waals surface area contributed by atoms with E-state index in [0.29, 0.717) is 66.4 Å². The Labute approximate surface area is 302 Å². The van der Waals surface area contributed by atoms with Crippen molar-refractivity contribution in [1.82, 2.24) is 25.2 Å². The second kappa shape index (κ2) is 14.7. The van der Waals surface area contributed by atoms with Crippen molar-refractivity contribution >= 4 is 39.4 Å². The molecule has 0 saturated carbocycles. The zero-order chi connectivity index (χ0) is 36.4. The summed E-state index contributed by atoms with van der Waals surface area (Å²) in [7, 11) is 0. The van der Waals surface area contributed by atoms with Crippen molar-refractivity contribution < 1.29 is 19.4 Å². The number of carboxylic acid groups (broad SMARTS) is 1. The molecule has 3 atom stereocenters. The molecule has 1 aliphatic heterocycles. The van der Waals surface area contributed by atoms with Crippen LogP contribution in [-0.4, -0.2) is 61.8 Å². The Bertz CT molecular complexity index is 2230. The predicted molar refractivity (Wildman–Crippen MR) is 200 cm³/mol. The van der Waals surface area contributed by atoms with E-state index in [4.69, 9.17) is 19.4 Å². The first-order valence-corrected chi connectivity index (χ1v) is 17.8.